The third-order valence-electron chi connectivity index (χ3n) is 6.74. The molecule has 1 saturated heterocycles. The molecular formula is C27H30F9N3O7. The number of ether oxygens (including phenoxy) is 1. The summed E-state index contributed by atoms with van der Waals surface area (Å²) in [5, 5.41) is 21.4. The van der Waals surface area contributed by atoms with E-state index in [4.69, 9.17) is 34.4 Å². The monoisotopic (exact) mass is 679 g/mol. The molecule has 0 radical (unpaired) electrons. The Morgan fingerprint density at radius 1 is 0.913 bits per heavy atom. The van der Waals surface area contributed by atoms with Crippen molar-refractivity contribution in [2.75, 3.05) is 19.7 Å². The first kappa shape index (κ1) is 40.0. The second kappa shape index (κ2) is 17.1. The van der Waals surface area contributed by atoms with Gasteiger partial charge in [0.1, 0.15) is 0 Å². The number of hydrogen-bond donors (Lipinski definition) is 3. The van der Waals surface area contributed by atoms with E-state index < -0.39 is 36.4 Å². The first-order valence-corrected chi connectivity index (χ1v) is 13.1. The molecule has 0 spiro atoms. The van der Waals surface area contributed by atoms with Crippen LogP contribution in [0.25, 0.3) is 0 Å². The largest absolute Gasteiger partial charge is 0.490 e. The van der Waals surface area contributed by atoms with Gasteiger partial charge in [-0.25, -0.2) is 14.4 Å². The van der Waals surface area contributed by atoms with Gasteiger partial charge >= 0.3 is 36.4 Å². The molecule has 10 nitrogen and oxygen atoms in total. The molecule has 2 aromatic heterocycles. The van der Waals surface area contributed by atoms with Gasteiger partial charge in [0.25, 0.3) is 0 Å². The zero-order valence-electron chi connectivity index (χ0n) is 24.0. The molecular weight excluding hydrogens is 649 g/mol. The minimum Gasteiger partial charge on any atom is -0.475 e. The first-order valence-electron chi connectivity index (χ1n) is 13.1. The summed E-state index contributed by atoms with van der Waals surface area (Å²) in [6, 6.07) is 8.24. The fraction of sp³-hybridized carbons (Fsp3) is 0.519. The van der Waals surface area contributed by atoms with E-state index in [1.807, 2.05) is 24.7 Å². The normalized spacial score (nSPS) is 19.3. The second-order valence-corrected chi connectivity index (χ2v) is 10.1. The van der Waals surface area contributed by atoms with Gasteiger partial charge in [-0.1, -0.05) is 12.5 Å². The van der Waals surface area contributed by atoms with Gasteiger partial charge in [-0.3, -0.25) is 14.9 Å². The number of aryl methyl sites for hydroxylation is 1. The Hall–Kier alpha value is -4.00. The summed E-state index contributed by atoms with van der Waals surface area (Å²) in [6.07, 6.45) is -5.60. The molecule has 0 amide bonds. The Bertz CT molecular complexity index is 1220. The average molecular weight is 680 g/mol. The van der Waals surface area contributed by atoms with Crippen LogP contribution in [0.15, 0.2) is 42.9 Å². The number of hydrogen-bond acceptors (Lipinski definition) is 7. The molecule has 4 rings (SSSR count). The third kappa shape index (κ3) is 14.0. The van der Waals surface area contributed by atoms with Crippen LogP contribution in [0.5, 0.6) is 0 Å². The lowest BCUT2D eigenvalue weighted by Crippen LogP contribution is -2.32. The quantitative estimate of drug-likeness (QED) is 0.334. The maximum absolute atomic E-state index is 10.6. The Labute approximate surface area is 255 Å². The summed E-state index contributed by atoms with van der Waals surface area (Å²) in [5.74, 6) is -7.50. The number of halogens is 9. The van der Waals surface area contributed by atoms with E-state index in [0.717, 1.165) is 25.6 Å². The number of alkyl halides is 9. The smallest absolute Gasteiger partial charge is 0.475 e. The van der Waals surface area contributed by atoms with Crippen molar-refractivity contribution < 1.29 is 74.0 Å². The van der Waals surface area contributed by atoms with Crippen LogP contribution in [0.4, 0.5) is 39.5 Å². The molecule has 3 heterocycles. The van der Waals surface area contributed by atoms with Crippen molar-refractivity contribution >= 4 is 17.9 Å². The molecule has 1 aliphatic heterocycles. The summed E-state index contributed by atoms with van der Waals surface area (Å²) in [7, 11) is 0. The molecule has 2 aliphatic rings. The summed E-state index contributed by atoms with van der Waals surface area (Å²) >= 11 is 0. The number of likely N-dealkylation sites (tertiary alicyclic amines) is 1. The van der Waals surface area contributed by atoms with Gasteiger partial charge in [0.15, 0.2) is 0 Å². The van der Waals surface area contributed by atoms with Crippen LogP contribution in [0, 0.1) is 18.3 Å². The Morgan fingerprint density at radius 2 is 1.46 bits per heavy atom. The van der Waals surface area contributed by atoms with Crippen molar-refractivity contribution in [1.29, 1.82) is 0 Å². The molecule has 0 bridgehead atoms. The van der Waals surface area contributed by atoms with Crippen LogP contribution < -0.4 is 0 Å². The predicted molar refractivity (Wildman–Crippen MR) is 139 cm³/mol. The van der Waals surface area contributed by atoms with E-state index in [9.17, 15) is 39.5 Å². The maximum atomic E-state index is 10.6. The highest BCUT2D eigenvalue weighted by molar-refractivity contribution is 5.73. The van der Waals surface area contributed by atoms with Crippen LogP contribution in [-0.4, -0.2) is 86.3 Å². The molecule has 2 atom stereocenters. The number of nitrogens with zero attached hydrogens (tertiary/aromatic N) is 3. The van der Waals surface area contributed by atoms with Gasteiger partial charge in [0.2, 0.25) is 0 Å². The zero-order chi connectivity index (χ0) is 35.3. The number of rotatable bonds is 6. The topological polar surface area (TPSA) is 150 Å². The highest BCUT2D eigenvalue weighted by atomic mass is 19.4. The molecule has 2 aromatic rings. The van der Waals surface area contributed by atoms with Crippen LogP contribution >= 0.6 is 0 Å². The molecule has 46 heavy (non-hydrogen) atoms. The van der Waals surface area contributed by atoms with E-state index in [0.29, 0.717) is 12.0 Å². The van der Waals surface area contributed by atoms with Gasteiger partial charge in [-0.2, -0.15) is 39.5 Å². The van der Waals surface area contributed by atoms with Crippen molar-refractivity contribution in [3.8, 4) is 0 Å². The minimum atomic E-state index is -5.08. The van der Waals surface area contributed by atoms with Crippen molar-refractivity contribution in [1.82, 2.24) is 14.9 Å². The van der Waals surface area contributed by atoms with Crippen LogP contribution in [-0.2, 0) is 32.3 Å². The highest BCUT2D eigenvalue weighted by Crippen LogP contribution is 2.49. The molecule has 2 fully saturated rings. The lowest BCUT2D eigenvalue weighted by atomic mass is 9.81. The summed E-state index contributed by atoms with van der Waals surface area (Å²) in [6.45, 7) is 6.95. The number of carboxylic acids is 3. The minimum absolute atomic E-state index is 0.338. The van der Waals surface area contributed by atoms with Gasteiger partial charge in [0.05, 0.1) is 18.9 Å². The van der Waals surface area contributed by atoms with Gasteiger partial charge in [-0.15, -0.1) is 0 Å². The molecule has 0 unspecified atom stereocenters. The molecule has 19 heteroatoms. The first-order chi connectivity index (χ1) is 21.1. The van der Waals surface area contributed by atoms with E-state index >= 15 is 0 Å². The highest BCUT2D eigenvalue weighted by Gasteiger charge is 2.49. The number of carbonyl (C=O) groups is 3. The van der Waals surface area contributed by atoms with Crippen LogP contribution in [0.1, 0.15) is 36.1 Å². The lowest BCUT2D eigenvalue weighted by molar-refractivity contribution is -0.193. The van der Waals surface area contributed by atoms with Crippen molar-refractivity contribution in [3.63, 3.8) is 0 Å². The zero-order valence-corrected chi connectivity index (χ0v) is 24.0. The number of fused-ring (bicyclic) bond motifs is 1. The van der Waals surface area contributed by atoms with E-state index in [2.05, 4.69) is 40.0 Å². The van der Waals surface area contributed by atoms with Crippen molar-refractivity contribution in [2.45, 2.75) is 57.9 Å². The number of aliphatic carboxylic acids is 3. The predicted octanol–water partition coefficient (Wildman–Crippen LogP) is 5.50. The summed E-state index contributed by atoms with van der Waals surface area (Å²) in [5.41, 5.74) is 3.98. The second-order valence-electron chi connectivity index (χ2n) is 10.1. The van der Waals surface area contributed by atoms with E-state index in [-0.39, 0.29) is 0 Å². The standard InChI is InChI=1S/C21H27N3O.3C2HF3O2/c1-17-7-10-22-11-18(17)14-25-16-21-8-4-5-19(21)12-24(15-21)13-20-6-2-3-9-23-20;3*3-2(4,5)1(6)7/h2-3,6-7,9-11,19H,4-5,8,12-16H2,1H3;3*(H,6,7)/t19-,21+;;;/m1.../s1. The Kier molecular flexibility index (Phi) is 14.8. The van der Waals surface area contributed by atoms with Crippen LogP contribution in [0.2, 0.25) is 0 Å². The molecule has 258 valence electrons. The molecule has 3 N–H and O–H groups in total. The Morgan fingerprint density at radius 3 is 1.91 bits per heavy atom. The van der Waals surface area contributed by atoms with Gasteiger partial charge in [-0.05, 0) is 55.0 Å². The summed E-state index contributed by atoms with van der Waals surface area (Å²) in [4.78, 5) is 38.0. The van der Waals surface area contributed by atoms with E-state index in [1.165, 1.54) is 42.6 Å². The number of pyridine rings is 2. The van der Waals surface area contributed by atoms with Gasteiger partial charge in [0, 0.05) is 43.6 Å². The van der Waals surface area contributed by atoms with Crippen molar-refractivity contribution in [3.05, 3.63) is 59.7 Å². The third-order valence-corrected chi connectivity index (χ3v) is 6.74. The summed E-state index contributed by atoms with van der Waals surface area (Å²) < 4.78 is 101. The average Bonchev–Trinajstić information content (AvgIpc) is 3.46. The molecule has 0 aromatic carbocycles. The Balaban J connectivity index is 0.000000413. The van der Waals surface area contributed by atoms with Crippen molar-refractivity contribution in [2.24, 2.45) is 11.3 Å². The number of carboxylic acid groups (broad SMARTS) is 3. The molecule has 1 saturated carbocycles. The van der Waals surface area contributed by atoms with Crippen LogP contribution in [0.3, 0.4) is 0 Å². The molecule has 1 aliphatic carbocycles. The number of aromatic nitrogens is 2. The lowest BCUT2D eigenvalue weighted by Gasteiger charge is -2.29. The van der Waals surface area contributed by atoms with Gasteiger partial charge < -0.3 is 20.1 Å². The fourth-order valence-electron chi connectivity index (χ4n) is 4.61. The fourth-order valence-corrected chi connectivity index (χ4v) is 4.61. The van der Waals surface area contributed by atoms with E-state index in [1.54, 1.807) is 0 Å². The maximum Gasteiger partial charge on any atom is 0.490 e. The SMILES string of the molecule is Cc1ccncc1COC[C@@]12CCC[C@@H]1CN(Cc1ccccn1)C2.O=C(O)C(F)(F)F.O=C(O)C(F)(F)F.O=C(O)C(F)(F)F.